The van der Waals surface area contributed by atoms with E-state index in [9.17, 15) is 5.11 Å². The first kappa shape index (κ1) is 11.6. The van der Waals surface area contributed by atoms with E-state index in [2.05, 4.69) is 24.3 Å². The van der Waals surface area contributed by atoms with Crippen LogP contribution in [-0.4, -0.2) is 24.4 Å². The van der Waals surface area contributed by atoms with Crippen molar-refractivity contribution in [3.8, 4) is 0 Å². The summed E-state index contributed by atoms with van der Waals surface area (Å²) in [5.41, 5.74) is 1.37. The van der Waals surface area contributed by atoms with Crippen LogP contribution < -0.4 is 0 Å². The minimum absolute atomic E-state index is 0.169. The molecule has 1 saturated carbocycles. The van der Waals surface area contributed by atoms with Crippen LogP contribution in [0.2, 0.25) is 0 Å². The normalized spacial score (nSPS) is 30.2. The molecule has 3 atom stereocenters. The Morgan fingerprint density at radius 3 is 2.69 bits per heavy atom. The number of hydrogen-bond acceptors (Lipinski definition) is 2. The Morgan fingerprint density at radius 1 is 1.25 bits per heavy atom. The zero-order valence-corrected chi connectivity index (χ0v) is 9.80. The molecule has 1 aliphatic carbocycles. The molecule has 1 aromatic carbocycles. The average molecular weight is 220 g/mol. The van der Waals surface area contributed by atoms with E-state index in [1.165, 1.54) is 5.56 Å². The summed E-state index contributed by atoms with van der Waals surface area (Å²) in [7, 11) is 1.75. The lowest BCUT2D eigenvalue weighted by molar-refractivity contribution is -0.0258. The van der Waals surface area contributed by atoms with Crippen molar-refractivity contribution in [3.05, 3.63) is 35.9 Å². The van der Waals surface area contributed by atoms with E-state index in [0.717, 1.165) is 25.7 Å². The molecule has 88 valence electrons. The summed E-state index contributed by atoms with van der Waals surface area (Å²) < 4.78 is 5.49. The highest BCUT2D eigenvalue weighted by Crippen LogP contribution is 2.29. The second-order valence-corrected chi connectivity index (χ2v) is 4.69. The van der Waals surface area contributed by atoms with Crippen LogP contribution in [-0.2, 0) is 11.2 Å². The lowest BCUT2D eigenvalue weighted by atomic mass is 9.81. The zero-order chi connectivity index (χ0) is 11.4. The first-order valence-electron chi connectivity index (χ1n) is 6.04. The minimum Gasteiger partial charge on any atom is -0.393 e. The molecule has 2 heteroatoms. The number of hydrogen-bond donors (Lipinski definition) is 1. The van der Waals surface area contributed by atoms with Gasteiger partial charge in [0.15, 0.2) is 0 Å². The highest BCUT2D eigenvalue weighted by Gasteiger charge is 2.29. The van der Waals surface area contributed by atoms with Crippen molar-refractivity contribution >= 4 is 0 Å². The van der Waals surface area contributed by atoms with E-state index in [-0.39, 0.29) is 12.2 Å². The molecule has 3 unspecified atom stereocenters. The van der Waals surface area contributed by atoms with Crippen LogP contribution >= 0.6 is 0 Å². The molecular formula is C14H20O2. The van der Waals surface area contributed by atoms with Crippen molar-refractivity contribution in [1.82, 2.24) is 0 Å². The first-order chi connectivity index (χ1) is 7.79. The lowest BCUT2D eigenvalue weighted by Crippen LogP contribution is -2.34. The van der Waals surface area contributed by atoms with Crippen LogP contribution in [0.5, 0.6) is 0 Å². The maximum absolute atomic E-state index is 9.61. The Bertz CT molecular complexity index is 310. The number of ether oxygens (including phenoxy) is 1. The SMILES string of the molecule is COC1CC(O)CCC1Cc1ccccc1. The molecular weight excluding hydrogens is 200 g/mol. The lowest BCUT2D eigenvalue weighted by Gasteiger charge is -2.33. The van der Waals surface area contributed by atoms with Crippen LogP contribution in [0, 0.1) is 5.92 Å². The van der Waals surface area contributed by atoms with Crippen molar-refractivity contribution in [2.45, 2.75) is 37.9 Å². The third-order valence-electron chi connectivity index (χ3n) is 3.54. The highest BCUT2D eigenvalue weighted by molar-refractivity contribution is 5.15. The van der Waals surface area contributed by atoms with Gasteiger partial charge in [-0.1, -0.05) is 30.3 Å². The molecule has 1 aliphatic rings. The van der Waals surface area contributed by atoms with Crippen molar-refractivity contribution in [3.63, 3.8) is 0 Å². The van der Waals surface area contributed by atoms with Gasteiger partial charge in [0.1, 0.15) is 0 Å². The minimum atomic E-state index is -0.169. The maximum atomic E-state index is 9.61. The van der Waals surface area contributed by atoms with E-state index >= 15 is 0 Å². The van der Waals surface area contributed by atoms with Crippen LogP contribution in [0.4, 0.5) is 0 Å². The Kier molecular flexibility index (Phi) is 3.97. The number of aliphatic hydroxyl groups excluding tert-OH is 1. The molecule has 2 rings (SSSR count). The molecule has 0 saturated heterocycles. The number of methoxy groups -OCH3 is 1. The molecule has 0 amide bonds. The van der Waals surface area contributed by atoms with Gasteiger partial charge in [0.05, 0.1) is 12.2 Å². The van der Waals surface area contributed by atoms with Crippen LogP contribution in [0.15, 0.2) is 30.3 Å². The molecule has 1 fully saturated rings. The predicted octanol–water partition coefficient (Wildman–Crippen LogP) is 2.41. The summed E-state index contributed by atoms with van der Waals surface area (Å²) in [6, 6.07) is 10.5. The predicted molar refractivity (Wildman–Crippen MR) is 64.3 cm³/mol. The van der Waals surface area contributed by atoms with Gasteiger partial charge < -0.3 is 9.84 Å². The fraction of sp³-hybridized carbons (Fsp3) is 0.571. The summed E-state index contributed by atoms with van der Waals surface area (Å²) in [5, 5.41) is 9.61. The molecule has 0 heterocycles. The second kappa shape index (κ2) is 5.46. The van der Waals surface area contributed by atoms with Crippen LogP contribution in [0.3, 0.4) is 0 Å². The van der Waals surface area contributed by atoms with Crippen molar-refractivity contribution in [1.29, 1.82) is 0 Å². The van der Waals surface area contributed by atoms with Crippen molar-refractivity contribution < 1.29 is 9.84 Å². The molecule has 0 aromatic heterocycles. The summed E-state index contributed by atoms with van der Waals surface area (Å²) >= 11 is 0. The molecule has 0 bridgehead atoms. The Balaban J connectivity index is 1.98. The number of aliphatic hydroxyl groups is 1. The third kappa shape index (κ3) is 2.83. The topological polar surface area (TPSA) is 29.5 Å². The van der Waals surface area contributed by atoms with E-state index in [0.29, 0.717) is 5.92 Å². The van der Waals surface area contributed by atoms with E-state index in [4.69, 9.17) is 4.74 Å². The quantitative estimate of drug-likeness (QED) is 0.847. The average Bonchev–Trinajstić information content (AvgIpc) is 2.33. The molecule has 1 aromatic rings. The Labute approximate surface area is 97.3 Å². The van der Waals surface area contributed by atoms with Gasteiger partial charge in [0, 0.05) is 7.11 Å². The standard InChI is InChI=1S/C14H20O2/c1-16-14-10-13(15)8-7-12(14)9-11-5-3-2-4-6-11/h2-6,12-15H,7-10H2,1H3. The molecule has 0 spiro atoms. The van der Waals surface area contributed by atoms with Gasteiger partial charge in [0.25, 0.3) is 0 Å². The maximum Gasteiger partial charge on any atom is 0.0627 e. The summed E-state index contributed by atoms with van der Waals surface area (Å²) in [5.74, 6) is 0.552. The fourth-order valence-corrected chi connectivity index (χ4v) is 2.61. The van der Waals surface area contributed by atoms with Gasteiger partial charge in [-0.2, -0.15) is 0 Å². The first-order valence-corrected chi connectivity index (χ1v) is 6.04. The van der Waals surface area contributed by atoms with Crippen molar-refractivity contribution in [2.24, 2.45) is 5.92 Å². The fourth-order valence-electron chi connectivity index (χ4n) is 2.61. The summed E-state index contributed by atoms with van der Waals surface area (Å²) in [6.45, 7) is 0. The number of rotatable bonds is 3. The van der Waals surface area contributed by atoms with Gasteiger partial charge in [0.2, 0.25) is 0 Å². The summed E-state index contributed by atoms with van der Waals surface area (Å²) in [4.78, 5) is 0. The summed E-state index contributed by atoms with van der Waals surface area (Å²) in [6.07, 6.45) is 3.87. The zero-order valence-electron chi connectivity index (χ0n) is 9.80. The smallest absolute Gasteiger partial charge is 0.0627 e. The van der Waals surface area contributed by atoms with E-state index in [1.807, 2.05) is 6.07 Å². The largest absolute Gasteiger partial charge is 0.393 e. The molecule has 0 radical (unpaired) electrons. The molecule has 2 nitrogen and oxygen atoms in total. The van der Waals surface area contributed by atoms with Gasteiger partial charge in [-0.25, -0.2) is 0 Å². The Morgan fingerprint density at radius 2 is 2.00 bits per heavy atom. The molecule has 0 aliphatic heterocycles. The van der Waals surface area contributed by atoms with Crippen molar-refractivity contribution in [2.75, 3.05) is 7.11 Å². The third-order valence-corrected chi connectivity index (χ3v) is 3.54. The van der Waals surface area contributed by atoms with E-state index < -0.39 is 0 Å². The monoisotopic (exact) mass is 220 g/mol. The van der Waals surface area contributed by atoms with E-state index in [1.54, 1.807) is 7.11 Å². The van der Waals surface area contributed by atoms with Crippen LogP contribution in [0.1, 0.15) is 24.8 Å². The van der Waals surface area contributed by atoms with Gasteiger partial charge in [-0.05, 0) is 37.2 Å². The highest BCUT2D eigenvalue weighted by atomic mass is 16.5. The Hall–Kier alpha value is -0.860. The van der Waals surface area contributed by atoms with Gasteiger partial charge >= 0.3 is 0 Å². The van der Waals surface area contributed by atoms with Gasteiger partial charge in [-0.15, -0.1) is 0 Å². The molecule has 16 heavy (non-hydrogen) atoms. The molecule has 1 N–H and O–H groups in total. The second-order valence-electron chi connectivity index (χ2n) is 4.69. The number of benzene rings is 1. The van der Waals surface area contributed by atoms with Crippen LogP contribution in [0.25, 0.3) is 0 Å². The van der Waals surface area contributed by atoms with Gasteiger partial charge in [-0.3, -0.25) is 0 Å².